The SMILES string of the molecule is Cn1c(=O)n(Cc2ccccc2Cl)c(=O)c2c1nc(N[C@H]1CCCCC1N)n2Cc1ccccc1Br. The second-order valence-corrected chi connectivity index (χ2v) is 10.6. The van der Waals surface area contributed by atoms with E-state index < -0.39 is 11.2 Å². The molecule has 0 bridgehead atoms. The molecule has 0 amide bonds. The number of rotatable bonds is 6. The van der Waals surface area contributed by atoms with Gasteiger partial charge in [-0.3, -0.25) is 18.5 Å². The molecule has 2 aromatic heterocycles. The molecule has 10 heteroatoms. The zero-order valence-electron chi connectivity index (χ0n) is 20.0. The molecule has 1 aliphatic rings. The molecular formula is C26H28BrClN6O2. The molecule has 188 valence electrons. The molecule has 36 heavy (non-hydrogen) atoms. The number of aromatic nitrogens is 4. The van der Waals surface area contributed by atoms with Crippen LogP contribution in [0.1, 0.15) is 36.8 Å². The van der Waals surface area contributed by atoms with E-state index in [1.165, 1.54) is 9.13 Å². The van der Waals surface area contributed by atoms with Gasteiger partial charge < -0.3 is 11.1 Å². The Hall–Kier alpha value is -2.88. The predicted octanol–water partition coefficient (Wildman–Crippen LogP) is 4.09. The minimum Gasteiger partial charge on any atom is -0.351 e. The summed E-state index contributed by atoms with van der Waals surface area (Å²) in [4.78, 5) is 31.9. The Morgan fingerprint density at radius 1 is 1.03 bits per heavy atom. The summed E-state index contributed by atoms with van der Waals surface area (Å²) in [6, 6.07) is 15.1. The summed E-state index contributed by atoms with van der Waals surface area (Å²) in [7, 11) is 1.64. The number of nitrogens with two attached hydrogens (primary N) is 1. The van der Waals surface area contributed by atoms with Crippen molar-refractivity contribution in [1.82, 2.24) is 18.7 Å². The average molecular weight is 572 g/mol. The summed E-state index contributed by atoms with van der Waals surface area (Å²) in [5.74, 6) is 0.533. The average Bonchev–Trinajstić information content (AvgIpc) is 3.22. The lowest BCUT2D eigenvalue weighted by Crippen LogP contribution is -2.43. The van der Waals surface area contributed by atoms with E-state index in [1.807, 2.05) is 47.0 Å². The molecule has 2 atom stereocenters. The predicted molar refractivity (Wildman–Crippen MR) is 147 cm³/mol. The van der Waals surface area contributed by atoms with E-state index in [4.69, 9.17) is 22.3 Å². The van der Waals surface area contributed by atoms with E-state index >= 15 is 0 Å². The van der Waals surface area contributed by atoms with Crippen LogP contribution in [0, 0.1) is 0 Å². The fourth-order valence-electron chi connectivity index (χ4n) is 4.87. The second kappa shape index (κ2) is 10.2. The summed E-state index contributed by atoms with van der Waals surface area (Å²) >= 11 is 9.97. The normalized spacial score (nSPS) is 18.0. The van der Waals surface area contributed by atoms with Gasteiger partial charge in [0.1, 0.15) is 0 Å². The topological polar surface area (TPSA) is 99.9 Å². The van der Waals surface area contributed by atoms with Crippen LogP contribution in [0.3, 0.4) is 0 Å². The van der Waals surface area contributed by atoms with E-state index in [1.54, 1.807) is 13.1 Å². The molecular weight excluding hydrogens is 544 g/mol. The van der Waals surface area contributed by atoms with E-state index in [0.29, 0.717) is 34.2 Å². The molecule has 1 fully saturated rings. The van der Waals surface area contributed by atoms with Crippen LogP contribution in [0.25, 0.3) is 11.2 Å². The van der Waals surface area contributed by atoms with E-state index in [0.717, 1.165) is 35.7 Å². The van der Waals surface area contributed by atoms with Crippen molar-refractivity contribution in [2.45, 2.75) is 50.9 Å². The fraction of sp³-hybridized carbons (Fsp3) is 0.346. The number of fused-ring (bicyclic) bond motifs is 1. The number of halogens is 2. The monoisotopic (exact) mass is 570 g/mol. The first-order chi connectivity index (χ1) is 17.3. The highest BCUT2D eigenvalue weighted by molar-refractivity contribution is 9.10. The smallest absolute Gasteiger partial charge is 0.332 e. The van der Waals surface area contributed by atoms with Crippen LogP contribution < -0.4 is 22.3 Å². The van der Waals surface area contributed by atoms with Crippen molar-refractivity contribution in [1.29, 1.82) is 0 Å². The molecule has 8 nitrogen and oxygen atoms in total. The van der Waals surface area contributed by atoms with Gasteiger partial charge in [-0.15, -0.1) is 0 Å². The van der Waals surface area contributed by atoms with Crippen LogP contribution >= 0.6 is 27.5 Å². The Balaban J connectivity index is 1.70. The van der Waals surface area contributed by atoms with E-state index in [9.17, 15) is 9.59 Å². The maximum atomic E-state index is 13.9. The lowest BCUT2D eigenvalue weighted by atomic mass is 9.91. The Morgan fingerprint density at radius 3 is 2.42 bits per heavy atom. The molecule has 4 aromatic rings. The second-order valence-electron chi connectivity index (χ2n) is 9.31. The van der Waals surface area contributed by atoms with Crippen molar-refractivity contribution in [3.8, 4) is 0 Å². The molecule has 1 saturated carbocycles. The zero-order chi connectivity index (χ0) is 25.4. The zero-order valence-corrected chi connectivity index (χ0v) is 22.3. The van der Waals surface area contributed by atoms with Gasteiger partial charge in [0.2, 0.25) is 5.95 Å². The minimum absolute atomic E-state index is 0.00354. The summed E-state index contributed by atoms with van der Waals surface area (Å²) in [6.07, 6.45) is 4.05. The third-order valence-electron chi connectivity index (χ3n) is 6.94. The van der Waals surface area contributed by atoms with Crippen molar-refractivity contribution in [3.63, 3.8) is 0 Å². The lowest BCUT2D eigenvalue weighted by molar-refractivity contribution is 0.401. The lowest BCUT2D eigenvalue weighted by Gasteiger charge is -2.29. The number of nitrogens with zero attached hydrogens (tertiary/aromatic N) is 4. The highest BCUT2D eigenvalue weighted by Gasteiger charge is 2.26. The molecule has 3 N–H and O–H groups in total. The number of benzene rings is 2. The molecule has 0 spiro atoms. The van der Waals surface area contributed by atoms with Crippen molar-refractivity contribution < 1.29 is 0 Å². The van der Waals surface area contributed by atoms with Crippen molar-refractivity contribution in [2.75, 3.05) is 5.32 Å². The van der Waals surface area contributed by atoms with Crippen LogP contribution in [0.2, 0.25) is 5.02 Å². The van der Waals surface area contributed by atoms with Crippen LogP contribution in [0.15, 0.2) is 62.6 Å². The summed E-state index contributed by atoms with van der Waals surface area (Å²) in [5.41, 5.74) is 7.93. The van der Waals surface area contributed by atoms with Crippen LogP contribution in [0.5, 0.6) is 0 Å². The minimum atomic E-state index is -0.445. The van der Waals surface area contributed by atoms with Crippen LogP contribution in [-0.2, 0) is 20.1 Å². The number of nitrogens with one attached hydrogen (secondary N) is 1. The molecule has 2 heterocycles. The van der Waals surface area contributed by atoms with Gasteiger partial charge in [-0.1, -0.05) is 76.8 Å². The molecule has 0 aliphatic heterocycles. The maximum Gasteiger partial charge on any atom is 0.332 e. The van der Waals surface area contributed by atoms with Gasteiger partial charge in [-0.2, -0.15) is 4.98 Å². The number of anilines is 1. The quantitative estimate of drug-likeness (QED) is 0.363. The molecule has 1 unspecified atom stereocenters. The van der Waals surface area contributed by atoms with Gasteiger partial charge in [0.05, 0.1) is 13.1 Å². The Morgan fingerprint density at radius 2 is 1.69 bits per heavy atom. The molecule has 1 aliphatic carbocycles. The van der Waals surface area contributed by atoms with Gasteiger partial charge in [0, 0.05) is 28.6 Å². The Kier molecular flexibility index (Phi) is 7.05. The first-order valence-electron chi connectivity index (χ1n) is 12.0. The number of imidazole rings is 1. The van der Waals surface area contributed by atoms with E-state index in [2.05, 4.69) is 21.2 Å². The summed E-state index contributed by atoms with van der Waals surface area (Å²) in [5, 5.41) is 4.01. The Labute approximate surface area is 221 Å². The highest BCUT2D eigenvalue weighted by atomic mass is 79.9. The molecule has 2 aromatic carbocycles. The van der Waals surface area contributed by atoms with Gasteiger partial charge >= 0.3 is 5.69 Å². The first-order valence-corrected chi connectivity index (χ1v) is 13.2. The number of hydrogen-bond donors (Lipinski definition) is 2. The third kappa shape index (κ3) is 4.63. The highest BCUT2D eigenvalue weighted by Crippen LogP contribution is 2.26. The van der Waals surface area contributed by atoms with Crippen molar-refractivity contribution in [3.05, 3.63) is 90.0 Å². The van der Waals surface area contributed by atoms with Crippen LogP contribution in [-0.4, -0.2) is 30.8 Å². The van der Waals surface area contributed by atoms with Gasteiger partial charge in [0.25, 0.3) is 5.56 Å². The maximum absolute atomic E-state index is 13.9. The van der Waals surface area contributed by atoms with Gasteiger partial charge in [-0.05, 0) is 36.1 Å². The Bertz CT molecular complexity index is 1540. The summed E-state index contributed by atoms with van der Waals surface area (Å²) in [6.45, 7) is 0.458. The first kappa shape index (κ1) is 24.8. The van der Waals surface area contributed by atoms with Crippen molar-refractivity contribution >= 4 is 44.6 Å². The fourth-order valence-corrected chi connectivity index (χ4v) is 5.48. The van der Waals surface area contributed by atoms with Gasteiger partial charge in [0.15, 0.2) is 11.2 Å². The molecule has 0 radical (unpaired) electrons. The standard InChI is InChI=1S/C26H28BrClN6O2/c1-32-23-22(24(35)34(26(32)36)15-17-9-3-5-11-19(17)28)33(14-16-8-2-4-10-18(16)27)25(31-23)30-21-13-7-6-12-20(21)29/h2-5,8-11,20-21H,6-7,12-15,29H2,1H3,(H,30,31)/t20?,21-/m0/s1. The summed E-state index contributed by atoms with van der Waals surface area (Å²) < 4.78 is 5.43. The third-order valence-corrected chi connectivity index (χ3v) is 8.08. The van der Waals surface area contributed by atoms with Crippen molar-refractivity contribution in [2.24, 2.45) is 12.8 Å². The van der Waals surface area contributed by atoms with E-state index in [-0.39, 0.29) is 18.6 Å². The largest absolute Gasteiger partial charge is 0.351 e. The number of hydrogen-bond acceptors (Lipinski definition) is 5. The van der Waals surface area contributed by atoms with Gasteiger partial charge in [-0.25, -0.2) is 4.79 Å². The molecule has 0 saturated heterocycles. The molecule has 5 rings (SSSR count). The number of aryl methyl sites for hydroxylation is 1. The van der Waals surface area contributed by atoms with Crippen LogP contribution in [0.4, 0.5) is 5.95 Å².